The fraction of sp³-hybridized carbons (Fsp3) is 0.583. The van der Waals surface area contributed by atoms with E-state index in [0.29, 0.717) is 6.04 Å². The summed E-state index contributed by atoms with van der Waals surface area (Å²) in [7, 11) is 0. The molecule has 1 aliphatic carbocycles. The quantitative estimate of drug-likeness (QED) is 0.692. The highest BCUT2D eigenvalue weighted by atomic mass is 16.5. The van der Waals surface area contributed by atoms with Gasteiger partial charge >= 0.3 is 0 Å². The minimum Gasteiger partial charge on any atom is -0.369 e. The lowest BCUT2D eigenvalue weighted by atomic mass is 10.1. The molecule has 0 saturated heterocycles. The van der Waals surface area contributed by atoms with E-state index in [-0.39, 0.29) is 6.10 Å². The van der Waals surface area contributed by atoms with Crippen LogP contribution in [0.3, 0.4) is 0 Å². The van der Waals surface area contributed by atoms with Gasteiger partial charge in [-0.05, 0) is 26.2 Å². The van der Waals surface area contributed by atoms with E-state index in [2.05, 4.69) is 29.0 Å². The zero-order valence-corrected chi connectivity index (χ0v) is 9.02. The number of hydrogen-bond donors (Lipinski definition) is 0. The maximum absolute atomic E-state index is 5.72. The molecule has 0 radical (unpaired) electrons. The summed E-state index contributed by atoms with van der Waals surface area (Å²) in [5, 5.41) is 4.39. The van der Waals surface area contributed by atoms with Crippen LogP contribution in [0.25, 0.3) is 0 Å². The molecule has 0 aromatic carbocycles. The van der Waals surface area contributed by atoms with E-state index in [0.717, 1.165) is 13.0 Å². The van der Waals surface area contributed by atoms with Crippen molar-refractivity contribution in [3.05, 3.63) is 29.6 Å². The maximum atomic E-state index is 5.72. The zero-order chi connectivity index (χ0) is 10.3. The Morgan fingerprint density at radius 2 is 2.33 bits per heavy atom. The standard InChI is InChI=1S/C12H16N2O/c1-9-4-5-15-12(6-9)10-7-13-14(8-10)11-2-3-11/h6-8,11-12H,2-5H2,1H3. The smallest absolute Gasteiger partial charge is 0.104 e. The Morgan fingerprint density at radius 1 is 1.47 bits per heavy atom. The molecule has 0 spiro atoms. The summed E-state index contributed by atoms with van der Waals surface area (Å²) < 4.78 is 7.80. The van der Waals surface area contributed by atoms with E-state index in [9.17, 15) is 0 Å². The maximum Gasteiger partial charge on any atom is 0.104 e. The molecular formula is C12H16N2O. The third-order valence-corrected chi connectivity index (χ3v) is 3.10. The van der Waals surface area contributed by atoms with E-state index < -0.39 is 0 Å². The molecule has 2 heterocycles. The van der Waals surface area contributed by atoms with Crippen LogP contribution in [0.1, 0.15) is 43.9 Å². The highest BCUT2D eigenvalue weighted by Gasteiger charge is 2.25. The average molecular weight is 204 g/mol. The third kappa shape index (κ3) is 1.84. The van der Waals surface area contributed by atoms with Gasteiger partial charge in [0.15, 0.2) is 0 Å². The zero-order valence-electron chi connectivity index (χ0n) is 9.02. The molecule has 1 aromatic heterocycles. The molecule has 1 atom stereocenters. The van der Waals surface area contributed by atoms with Crippen LogP contribution in [-0.2, 0) is 4.74 Å². The molecule has 0 N–H and O–H groups in total. The van der Waals surface area contributed by atoms with Crippen LogP contribution >= 0.6 is 0 Å². The Morgan fingerprint density at radius 3 is 3.07 bits per heavy atom. The lowest BCUT2D eigenvalue weighted by molar-refractivity contribution is 0.0768. The number of hydrogen-bond acceptors (Lipinski definition) is 2. The molecule has 3 nitrogen and oxygen atoms in total. The minimum atomic E-state index is 0.131. The Hall–Kier alpha value is -1.09. The second-order valence-corrected chi connectivity index (χ2v) is 4.54. The van der Waals surface area contributed by atoms with Gasteiger partial charge in [0.2, 0.25) is 0 Å². The summed E-state index contributed by atoms with van der Waals surface area (Å²) in [4.78, 5) is 0. The van der Waals surface area contributed by atoms with Gasteiger partial charge in [-0.1, -0.05) is 11.6 Å². The molecule has 1 unspecified atom stereocenters. The fourth-order valence-corrected chi connectivity index (χ4v) is 1.97. The van der Waals surface area contributed by atoms with Crippen LogP contribution in [0, 0.1) is 0 Å². The number of ether oxygens (including phenoxy) is 1. The van der Waals surface area contributed by atoms with Crippen LogP contribution < -0.4 is 0 Å². The number of nitrogens with zero attached hydrogens (tertiary/aromatic N) is 2. The van der Waals surface area contributed by atoms with Gasteiger partial charge in [-0.15, -0.1) is 0 Å². The minimum absolute atomic E-state index is 0.131. The van der Waals surface area contributed by atoms with Gasteiger partial charge < -0.3 is 4.74 Å². The van der Waals surface area contributed by atoms with E-state index in [1.807, 2.05) is 6.20 Å². The van der Waals surface area contributed by atoms with Crippen molar-refractivity contribution in [3.63, 3.8) is 0 Å². The Bertz CT molecular complexity index is 390. The topological polar surface area (TPSA) is 27.1 Å². The molecule has 1 fully saturated rings. The summed E-state index contributed by atoms with van der Waals surface area (Å²) in [5.41, 5.74) is 2.62. The van der Waals surface area contributed by atoms with E-state index >= 15 is 0 Å². The van der Waals surface area contributed by atoms with Gasteiger partial charge in [0.05, 0.1) is 18.8 Å². The van der Waals surface area contributed by atoms with Crippen molar-refractivity contribution in [2.75, 3.05) is 6.61 Å². The summed E-state index contributed by atoms with van der Waals surface area (Å²) in [6.45, 7) is 3.00. The van der Waals surface area contributed by atoms with Gasteiger partial charge in [0.1, 0.15) is 6.10 Å². The molecule has 15 heavy (non-hydrogen) atoms. The lowest BCUT2D eigenvalue weighted by Gasteiger charge is -2.19. The van der Waals surface area contributed by atoms with Crippen molar-refractivity contribution >= 4 is 0 Å². The van der Waals surface area contributed by atoms with Crippen LogP contribution in [0.4, 0.5) is 0 Å². The van der Waals surface area contributed by atoms with Crippen LogP contribution in [0.15, 0.2) is 24.0 Å². The molecule has 1 aromatic rings. The molecule has 3 heteroatoms. The van der Waals surface area contributed by atoms with E-state index in [4.69, 9.17) is 4.74 Å². The third-order valence-electron chi connectivity index (χ3n) is 3.10. The van der Waals surface area contributed by atoms with Crippen molar-refractivity contribution in [2.45, 2.75) is 38.3 Å². The first-order valence-electron chi connectivity index (χ1n) is 5.66. The van der Waals surface area contributed by atoms with Crippen LogP contribution in [-0.4, -0.2) is 16.4 Å². The SMILES string of the molecule is CC1=CC(c2cnn(C3CC3)c2)OCC1. The molecule has 0 bridgehead atoms. The van der Waals surface area contributed by atoms with Crippen molar-refractivity contribution in [1.82, 2.24) is 9.78 Å². The van der Waals surface area contributed by atoms with Crippen LogP contribution in [0.5, 0.6) is 0 Å². The Balaban J connectivity index is 1.82. The Labute approximate surface area is 89.7 Å². The average Bonchev–Trinajstić information content (AvgIpc) is 2.97. The molecule has 80 valence electrons. The summed E-state index contributed by atoms with van der Waals surface area (Å²) in [5.74, 6) is 0. The summed E-state index contributed by atoms with van der Waals surface area (Å²) in [6, 6.07) is 0.660. The van der Waals surface area contributed by atoms with Crippen molar-refractivity contribution in [1.29, 1.82) is 0 Å². The largest absolute Gasteiger partial charge is 0.369 e. The lowest BCUT2D eigenvalue weighted by Crippen LogP contribution is -2.08. The predicted octanol–water partition coefficient (Wildman–Crippen LogP) is 2.63. The highest BCUT2D eigenvalue weighted by Crippen LogP contribution is 2.35. The second-order valence-electron chi connectivity index (χ2n) is 4.54. The molecule has 2 aliphatic rings. The van der Waals surface area contributed by atoms with Gasteiger partial charge in [-0.25, -0.2) is 0 Å². The van der Waals surface area contributed by atoms with Crippen LogP contribution in [0.2, 0.25) is 0 Å². The summed E-state index contributed by atoms with van der Waals surface area (Å²) >= 11 is 0. The van der Waals surface area contributed by atoms with Crippen molar-refractivity contribution in [3.8, 4) is 0 Å². The molecule has 1 aliphatic heterocycles. The number of aromatic nitrogens is 2. The highest BCUT2D eigenvalue weighted by molar-refractivity contribution is 5.19. The Kier molecular flexibility index (Phi) is 2.13. The first kappa shape index (κ1) is 9.16. The predicted molar refractivity (Wildman–Crippen MR) is 57.6 cm³/mol. The van der Waals surface area contributed by atoms with Gasteiger partial charge in [-0.3, -0.25) is 4.68 Å². The van der Waals surface area contributed by atoms with Crippen molar-refractivity contribution < 1.29 is 4.74 Å². The molecular weight excluding hydrogens is 188 g/mol. The first-order valence-corrected chi connectivity index (χ1v) is 5.66. The van der Waals surface area contributed by atoms with Gasteiger partial charge in [-0.2, -0.15) is 5.10 Å². The normalized spacial score (nSPS) is 26.5. The second kappa shape index (κ2) is 3.49. The monoisotopic (exact) mass is 204 g/mol. The van der Waals surface area contributed by atoms with E-state index in [1.54, 1.807) is 0 Å². The molecule has 0 amide bonds. The van der Waals surface area contributed by atoms with Gasteiger partial charge in [0, 0.05) is 11.8 Å². The molecule has 1 saturated carbocycles. The summed E-state index contributed by atoms with van der Waals surface area (Å²) in [6.07, 6.45) is 10.0. The van der Waals surface area contributed by atoms with Gasteiger partial charge in [0.25, 0.3) is 0 Å². The number of rotatable bonds is 2. The first-order chi connectivity index (χ1) is 7.33. The van der Waals surface area contributed by atoms with Crippen molar-refractivity contribution in [2.24, 2.45) is 0 Å². The fourth-order valence-electron chi connectivity index (χ4n) is 1.97. The van der Waals surface area contributed by atoms with E-state index in [1.165, 1.54) is 24.0 Å². The molecule has 3 rings (SSSR count).